The summed E-state index contributed by atoms with van der Waals surface area (Å²) < 4.78 is 30.5. The van der Waals surface area contributed by atoms with Crippen molar-refractivity contribution in [1.82, 2.24) is 4.90 Å². The fraction of sp³-hybridized carbons (Fsp3) is 0.400. The first-order valence-corrected chi connectivity index (χ1v) is 8.68. The molecule has 0 aliphatic carbocycles. The van der Waals surface area contributed by atoms with E-state index in [0.29, 0.717) is 25.3 Å². The van der Waals surface area contributed by atoms with Gasteiger partial charge in [-0.15, -0.1) is 0 Å². The van der Waals surface area contributed by atoms with Crippen molar-refractivity contribution in [3.63, 3.8) is 0 Å². The van der Waals surface area contributed by atoms with Gasteiger partial charge in [0, 0.05) is 18.7 Å². The minimum absolute atomic E-state index is 0.0959. The summed E-state index contributed by atoms with van der Waals surface area (Å²) in [5.41, 5.74) is 0.486. The van der Waals surface area contributed by atoms with Crippen molar-refractivity contribution in [3.8, 4) is 11.5 Å². The van der Waals surface area contributed by atoms with Gasteiger partial charge in [0.1, 0.15) is 18.5 Å². The fourth-order valence-electron chi connectivity index (χ4n) is 2.91. The van der Waals surface area contributed by atoms with Gasteiger partial charge < -0.3 is 19.3 Å². The number of likely N-dealkylation sites (N-methyl/N-ethyl adjacent to an activating group) is 1. The highest BCUT2D eigenvalue weighted by Crippen LogP contribution is 2.30. The molecule has 2 aromatic carbocycles. The standard InChI is InChI=1S/C20H24FNO4/c1-22(11-17-14-25-19-8-4-5-9-20(19)26-17)10-16(23)13-24-12-15-6-2-3-7-18(15)21/h2-9,16-17,23H,10-14H2,1H3. The van der Waals surface area contributed by atoms with Gasteiger partial charge in [-0.3, -0.25) is 4.90 Å². The van der Waals surface area contributed by atoms with Crippen LogP contribution in [-0.4, -0.2) is 55.6 Å². The first-order valence-electron chi connectivity index (χ1n) is 8.68. The second kappa shape index (κ2) is 8.98. The minimum atomic E-state index is -0.663. The number of aliphatic hydroxyl groups is 1. The Morgan fingerprint density at radius 1 is 1.19 bits per heavy atom. The van der Waals surface area contributed by atoms with Gasteiger partial charge in [-0.2, -0.15) is 0 Å². The van der Waals surface area contributed by atoms with E-state index in [9.17, 15) is 9.50 Å². The molecule has 0 spiro atoms. The average molecular weight is 361 g/mol. The summed E-state index contributed by atoms with van der Waals surface area (Å²) >= 11 is 0. The van der Waals surface area contributed by atoms with E-state index in [1.165, 1.54) is 6.07 Å². The molecule has 1 heterocycles. The Labute approximate surface area is 152 Å². The van der Waals surface area contributed by atoms with Gasteiger partial charge in [-0.25, -0.2) is 4.39 Å². The smallest absolute Gasteiger partial charge is 0.161 e. The third kappa shape index (κ3) is 5.17. The Morgan fingerprint density at radius 3 is 2.73 bits per heavy atom. The molecule has 0 amide bonds. The number of para-hydroxylation sites is 2. The van der Waals surface area contributed by atoms with Crippen LogP contribution in [0.3, 0.4) is 0 Å². The second-order valence-corrected chi connectivity index (χ2v) is 6.48. The first-order chi connectivity index (χ1) is 12.6. The Bertz CT molecular complexity index is 712. The zero-order chi connectivity index (χ0) is 18.4. The fourth-order valence-corrected chi connectivity index (χ4v) is 2.91. The van der Waals surface area contributed by atoms with Gasteiger partial charge in [0.2, 0.25) is 0 Å². The van der Waals surface area contributed by atoms with Crippen LogP contribution in [0.4, 0.5) is 4.39 Å². The van der Waals surface area contributed by atoms with Crippen LogP contribution in [0.25, 0.3) is 0 Å². The molecule has 0 aromatic heterocycles. The van der Waals surface area contributed by atoms with Gasteiger partial charge in [0.15, 0.2) is 11.5 Å². The van der Waals surface area contributed by atoms with Crippen molar-refractivity contribution in [3.05, 3.63) is 59.9 Å². The van der Waals surface area contributed by atoms with Crippen LogP contribution in [0.15, 0.2) is 48.5 Å². The van der Waals surface area contributed by atoms with Crippen molar-refractivity contribution in [2.75, 3.05) is 33.4 Å². The maximum absolute atomic E-state index is 13.5. The van der Waals surface area contributed by atoms with Gasteiger partial charge in [0.05, 0.1) is 19.3 Å². The topological polar surface area (TPSA) is 51.2 Å². The summed E-state index contributed by atoms with van der Waals surface area (Å²) in [5.74, 6) is 1.20. The third-order valence-electron chi connectivity index (χ3n) is 4.13. The Kier molecular flexibility index (Phi) is 6.44. The van der Waals surface area contributed by atoms with E-state index in [-0.39, 0.29) is 25.1 Å². The molecule has 0 bridgehead atoms. The molecule has 1 aliphatic heterocycles. The second-order valence-electron chi connectivity index (χ2n) is 6.48. The lowest BCUT2D eigenvalue weighted by molar-refractivity contribution is 0.00235. The summed E-state index contributed by atoms with van der Waals surface area (Å²) in [6.07, 6.45) is -0.759. The molecular weight excluding hydrogens is 337 g/mol. The number of nitrogens with zero attached hydrogens (tertiary/aromatic N) is 1. The highest BCUT2D eigenvalue weighted by molar-refractivity contribution is 5.40. The first kappa shape index (κ1) is 18.6. The van der Waals surface area contributed by atoms with Crippen molar-refractivity contribution >= 4 is 0 Å². The number of hydrogen-bond acceptors (Lipinski definition) is 5. The van der Waals surface area contributed by atoms with E-state index >= 15 is 0 Å². The van der Waals surface area contributed by atoms with Gasteiger partial charge in [-0.05, 0) is 25.2 Å². The predicted octanol–water partition coefficient (Wildman–Crippen LogP) is 2.48. The lowest BCUT2D eigenvalue weighted by Gasteiger charge is -2.30. The molecule has 0 saturated heterocycles. The van der Waals surface area contributed by atoms with E-state index in [0.717, 1.165) is 11.5 Å². The minimum Gasteiger partial charge on any atom is -0.486 e. The van der Waals surface area contributed by atoms with Crippen molar-refractivity contribution in [2.45, 2.75) is 18.8 Å². The van der Waals surface area contributed by atoms with Gasteiger partial charge in [-0.1, -0.05) is 30.3 Å². The lowest BCUT2D eigenvalue weighted by atomic mass is 10.2. The number of ether oxygens (including phenoxy) is 3. The van der Waals surface area contributed by atoms with Gasteiger partial charge in [0.25, 0.3) is 0 Å². The predicted molar refractivity (Wildman–Crippen MR) is 95.9 cm³/mol. The van der Waals surface area contributed by atoms with Crippen molar-refractivity contribution in [2.24, 2.45) is 0 Å². The molecule has 140 valence electrons. The molecule has 0 fully saturated rings. The number of hydrogen-bond donors (Lipinski definition) is 1. The maximum atomic E-state index is 13.5. The van der Waals surface area contributed by atoms with Crippen LogP contribution in [0.5, 0.6) is 11.5 Å². The quantitative estimate of drug-likeness (QED) is 0.783. The van der Waals surface area contributed by atoms with E-state index in [1.807, 2.05) is 36.2 Å². The Morgan fingerprint density at radius 2 is 1.92 bits per heavy atom. The lowest BCUT2D eigenvalue weighted by Crippen LogP contribution is -2.42. The van der Waals surface area contributed by atoms with Crippen molar-refractivity contribution < 1.29 is 23.7 Å². The third-order valence-corrected chi connectivity index (χ3v) is 4.13. The molecule has 5 nitrogen and oxygen atoms in total. The molecule has 0 saturated carbocycles. The summed E-state index contributed by atoms with van der Waals surface area (Å²) in [4.78, 5) is 1.97. The largest absolute Gasteiger partial charge is 0.486 e. The average Bonchev–Trinajstić information content (AvgIpc) is 2.63. The molecule has 2 aromatic rings. The molecule has 26 heavy (non-hydrogen) atoms. The number of aliphatic hydroxyl groups excluding tert-OH is 1. The molecular formula is C20H24FNO4. The molecule has 3 rings (SSSR count). The normalized spacial score (nSPS) is 17.3. The molecule has 2 atom stereocenters. The molecule has 2 unspecified atom stereocenters. The highest BCUT2D eigenvalue weighted by Gasteiger charge is 2.22. The zero-order valence-electron chi connectivity index (χ0n) is 14.8. The zero-order valence-corrected chi connectivity index (χ0v) is 14.8. The summed E-state index contributed by atoms with van der Waals surface area (Å²) in [6, 6.07) is 14.0. The maximum Gasteiger partial charge on any atom is 0.161 e. The molecule has 6 heteroatoms. The summed E-state index contributed by atoms with van der Waals surface area (Å²) in [7, 11) is 1.91. The number of halogens is 1. The number of fused-ring (bicyclic) bond motifs is 1. The van der Waals surface area contributed by atoms with E-state index < -0.39 is 6.10 Å². The number of rotatable bonds is 8. The Hall–Kier alpha value is -2.15. The highest BCUT2D eigenvalue weighted by atomic mass is 19.1. The van der Waals surface area contributed by atoms with Crippen molar-refractivity contribution in [1.29, 1.82) is 0 Å². The van der Waals surface area contributed by atoms with Gasteiger partial charge >= 0.3 is 0 Å². The van der Waals surface area contributed by atoms with Crippen LogP contribution in [-0.2, 0) is 11.3 Å². The van der Waals surface area contributed by atoms with E-state index in [4.69, 9.17) is 14.2 Å². The van der Waals surface area contributed by atoms with Crippen LogP contribution in [0.1, 0.15) is 5.56 Å². The molecule has 1 N–H and O–H groups in total. The molecule has 1 aliphatic rings. The van der Waals surface area contributed by atoms with Crippen LogP contribution < -0.4 is 9.47 Å². The summed E-state index contributed by atoms with van der Waals surface area (Å²) in [5, 5.41) is 10.1. The summed E-state index contributed by atoms with van der Waals surface area (Å²) in [6.45, 7) is 1.81. The molecule has 0 radical (unpaired) electrons. The van der Waals surface area contributed by atoms with E-state index in [1.54, 1.807) is 18.2 Å². The van der Waals surface area contributed by atoms with Crippen LogP contribution >= 0.6 is 0 Å². The Balaban J connectivity index is 1.38. The SMILES string of the molecule is CN(CC(O)COCc1ccccc1F)CC1COc2ccccc2O1. The van der Waals surface area contributed by atoms with Crippen LogP contribution in [0, 0.1) is 5.82 Å². The van der Waals surface area contributed by atoms with E-state index in [2.05, 4.69) is 0 Å². The number of benzene rings is 2. The van der Waals surface area contributed by atoms with Crippen LogP contribution in [0.2, 0.25) is 0 Å². The monoisotopic (exact) mass is 361 g/mol.